The average Bonchev–Trinajstić information content (AvgIpc) is 2.31. The Balaban J connectivity index is 2.30. The summed E-state index contributed by atoms with van der Waals surface area (Å²) in [5.41, 5.74) is 0. The van der Waals surface area contributed by atoms with Crippen molar-refractivity contribution in [3.8, 4) is 6.07 Å². The van der Waals surface area contributed by atoms with Gasteiger partial charge in [-0.25, -0.2) is 10.0 Å². The third-order valence-electron chi connectivity index (χ3n) is 2.95. The van der Waals surface area contributed by atoms with Gasteiger partial charge in [0.25, 0.3) is 0 Å². The van der Waals surface area contributed by atoms with E-state index < -0.39 is 0 Å². The van der Waals surface area contributed by atoms with E-state index in [-0.39, 0.29) is 10.0 Å². The highest BCUT2D eigenvalue weighted by atomic mass is 32.3. The summed E-state index contributed by atoms with van der Waals surface area (Å²) in [6.45, 7) is 0. The molecule has 0 unspecified atom stereocenters. The quantitative estimate of drug-likeness (QED) is 0.640. The summed E-state index contributed by atoms with van der Waals surface area (Å²) in [6, 6.07) is 2.25. The topological polar surface area (TPSA) is 23.8 Å². The summed E-state index contributed by atoms with van der Waals surface area (Å²) in [4.78, 5) is 0. The van der Waals surface area contributed by atoms with Crippen LogP contribution in [0.1, 0.15) is 38.5 Å². The molecule has 0 spiro atoms. The smallest absolute Gasteiger partial charge is 0.0622 e. The first kappa shape index (κ1) is 10.9. The largest absolute Gasteiger partial charge is 0.244 e. The summed E-state index contributed by atoms with van der Waals surface area (Å²) in [5.74, 6) is 4.29. The van der Waals surface area contributed by atoms with Crippen LogP contribution in [0, 0.1) is 11.3 Å². The molecule has 0 N–H and O–H groups in total. The van der Waals surface area contributed by atoms with Crippen molar-refractivity contribution in [2.75, 3.05) is 23.5 Å². The van der Waals surface area contributed by atoms with Crippen LogP contribution in [0.15, 0.2) is 0 Å². The van der Waals surface area contributed by atoms with Crippen molar-refractivity contribution in [3.63, 3.8) is 0 Å². The normalized spacial score (nSPS) is 24.3. The monoisotopic (exact) mass is 199 g/mol. The highest BCUT2D eigenvalue weighted by molar-refractivity contribution is 8.33. The Morgan fingerprint density at radius 3 is 2.31 bits per heavy atom. The minimum absolute atomic E-state index is 0.300. The van der Waals surface area contributed by atoms with E-state index in [1.165, 1.54) is 42.9 Å². The van der Waals surface area contributed by atoms with Gasteiger partial charge in [-0.1, -0.05) is 12.8 Å². The molecule has 0 aromatic carbocycles. The molecule has 1 fully saturated rings. The highest BCUT2D eigenvalue weighted by Crippen LogP contribution is 2.48. The van der Waals surface area contributed by atoms with E-state index in [1.54, 1.807) is 0 Å². The fourth-order valence-corrected chi connectivity index (χ4v) is 5.32. The van der Waals surface area contributed by atoms with Crippen LogP contribution in [0.4, 0.5) is 0 Å². The first-order valence-electron chi connectivity index (χ1n) is 5.35. The number of hydrogen-bond acceptors (Lipinski definition) is 1. The summed E-state index contributed by atoms with van der Waals surface area (Å²) in [5, 5.41) is 8.49. The SMILES string of the molecule is CS1(CCCC#N)CCCCCC1. The van der Waals surface area contributed by atoms with Crippen LogP contribution in [0.5, 0.6) is 0 Å². The van der Waals surface area contributed by atoms with E-state index in [4.69, 9.17) is 5.26 Å². The van der Waals surface area contributed by atoms with Crippen LogP contribution in [0.3, 0.4) is 0 Å². The van der Waals surface area contributed by atoms with Gasteiger partial charge in [-0.15, -0.1) is 0 Å². The fourth-order valence-electron chi connectivity index (χ4n) is 2.06. The number of unbranched alkanes of at least 4 members (excludes halogenated alkanes) is 1. The van der Waals surface area contributed by atoms with Gasteiger partial charge in [-0.05, 0) is 42.8 Å². The van der Waals surface area contributed by atoms with E-state index in [0.717, 1.165) is 12.8 Å². The molecule has 1 aliphatic rings. The molecular weight excluding hydrogens is 178 g/mol. The molecule has 1 aliphatic heterocycles. The highest BCUT2D eigenvalue weighted by Gasteiger charge is 2.19. The van der Waals surface area contributed by atoms with Gasteiger partial charge in [0.1, 0.15) is 0 Å². The van der Waals surface area contributed by atoms with Crippen molar-refractivity contribution in [1.29, 1.82) is 5.26 Å². The van der Waals surface area contributed by atoms with Crippen molar-refractivity contribution in [1.82, 2.24) is 0 Å². The van der Waals surface area contributed by atoms with Gasteiger partial charge in [0.15, 0.2) is 0 Å². The standard InChI is InChI=1S/C11H21NS/c1-13(11-7-4-8-12)9-5-2-3-6-10-13/h2-7,9-11H2,1H3. The first-order chi connectivity index (χ1) is 6.27. The molecule has 0 bridgehead atoms. The Labute approximate surface area is 83.8 Å². The lowest BCUT2D eigenvalue weighted by molar-refractivity contribution is 0.726. The Hall–Kier alpha value is -0.160. The zero-order chi connectivity index (χ0) is 9.57. The molecule has 13 heavy (non-hydrogen) atoms. The van der Waals surface area contributed by atoms with Gasteiger partial charge < -0.3 is 0 Å². The van der Waals surface area contributed by atoms with Crippen molar-refractivity contribution in [2.24, 2.45) is 0 Å². The molecule has 1 saturated heterocycles. The van der Waals surface area contributed by atoms with E-state index in [2.05, 4.69) is 12.3 Å². The molecule has 0 aromatic heterocycles. The van der Waals surface area contributed by atoms with Gasteiger partial charge >= 0.3 is 0 Å². The number of nitrogens with zero attached hydrogens (tertiary/aromatic N) is 1. The van der Waals surface area contributed by atoms with Gasteiger partial charge in [0, 0.05) is 6.42 Å². The third-order valence-corrected chi connectivity index (χ3v) is 6.77. The van der Waals surface area contributed by atoms with Crippen molar-refractivity contribution < 1.29 is 0 Å². The molecule has 0 aliphatic carbocycles. The molecular formula is C11H21NS. The summed E-state index contributed by atoms with van der Waals surface area (Å²) >= 11 is 0. The number of rotatable bonds is 3. The summed E-state index contributed by atoms with van der Waals surface area (Å²) < 4.78 is 0. The molecule has 0 atom stereocenters. The van der Waals surface area contributed by atoms with E-state index in [1.807, 2.05) is 0 Å². The molecule has 1 nitrogen and oxygen atoms in total. The van der Waals surface area contributed by atoms with Crippen LogP contribution in [0.2, 0.25) is 0 Å². The Kier molecular flexibility index (Phi) is 4.66. The van der Waals surface area contributed by atoms with E-state index in [0.29, 0.717) is 0 Å². The lowest BCUT2D eigenvalue weighted by atomic mass is 10.2. The zero-order valence-electron chi connectivity index (χ0n) is 8.72. The van der Waals surface area contributed by atoms with Crippen molar-refractivity contribution in [3.05, 3.63) is 0 Å². The van der Waals surface area contributed by atoms with Gasteiger partial charge in [-0.2, -0.15) is 5.26 Å². The lowest BCUT2D eigenvalue weighted by Gasteiger charge is -2.34. The predicted molar refractivity (Wildman–Crippen MR) is 61.4 cm³/mol. The van der Waals surface area contributed by atoms with Gasteiger partial charge in [0.05, 0.1) is 6.07 Å². The van der Waals surface area contributed by atoms with E-state index >= 15 is 0 Å². The maximum atomic E-state index is 8.49. The molecule has 0 amide bonds. The maximum absolute atomic E-state index is 8.49. The molecule has 1 rings (SSSR count). The second-order valence-corrected chi connectivity index (χ2v) is 8.45. The van der Waals surface area contributed by atoms with Crippen LogP contribution in [-0.4, -0.2) is 23.5 Å². The minimum atomic E-state index is -0.300. The third kappa shape index (κ3) is 4.04. The molecule has 0 saturated carbocycles. The van der Waals surface area contributed by atoms with Crippen LogP contribution >= 0.6 is 10.0 Å². The van der Waals surface area contributed by atoms with Gasteiger partial charge in [0.2, 0.25) is 0 Å². The number of hydrogen-bond donors (Lipinski definition) is 0. The minimum Gasteiger partial charge on any atom is -0.244 e. The summed E-state index contributed by atoms with van der Waals surface area (Å²) in [6.07, 6.45) is 10.2. The predicted octanol–water partition coefficient (Wildman–Crippen LogP) is 3.30. The molecule has 1 heterocycles. The molecule has 0 radical (unpaired) electrons. The van der Waals surface area contributed by atoms with Crippen molar-refractivity contribution in [2.45, 2.75) is 38.5 Å². The molecule has 2 heteroatoms. The van der Waals surface area contributed by atoms with E-state index in [9.17, 15) is 0 Å². The van der Waals surface area contributed by atoms with Crippen LogP contribution < -0.4 is 0 Å². The maximum Gasteiger partial charge on any atom is 0.0622 e. The Morgan fingerprint density at radius 2 is 1.77 bits per heavy atom. The van der Waals surface area contributed by atoms with Gasteiger partial charge in [-0.3, -0.25) is 0 Å². The second-order valence-electron chi connectivity index (χ2n) is 4.27. The van der Waals surface area contributed by atoms with Crippen LogP contribution in [0.25, 0.3) is 0 Å². The molecule has 76 valence electrons. The lowest BCUT2D eigenvalue weighted by Crippen LogP contribution is -2.10. The Bertz CT molecular complexity index is 175. The second kappa shape index (κ2) is 5.54. The zero-order valence-corrected chi connectivity index (χ0v) is 9.54. The number of nitriles is 1. The van der Waals surface area contributed by atoms with Crippen LogP contribution in [-0.2, 0) is 0 Å². The molecule has 0 aromatic rings. The average molecular weight is 199 g/mol. The fraction of sp³-hybridized carbons (Fsp3) is 0.909. The summed E-state index contributed by atoms with van der Waals surface area (Å²) in [7, 11) is -0.300. The van der Waals surface area contributed by atoms with Crippen molar-refractivity contribution >= 4 is 10.0 Å². The Morgan fingerprint density at radius 1 is 1.15 bits per heavy atom. The first-order valence-corrected chi connectivity index (χ1v) is 7.90.